The maximum atomic E-state index is 11.2. The van der Waals surface area contributed by atoms with Gasteiger partial charge in [-0.25, -0.2) is 4.79 Å². The van der Waals surface area contributed by atoms with Gasteiger partial charge in [-0.2, -0.15) is 0 Å². The Morgan fingerprint density at radius 3 is 2.72 bits per heavy atom. The Hall–Kier alpha value is -0.810. The molecule has 3 N–H and O–H groups in total. The molecule has 0 spiro atoms. The van der Waals surface area contributed by atoms with Crippen molar-refractivity contribution < 1.29 is 19.7 Å². The van der Waals surface area contributed by atoms with Crippen molar-refractivity contribution in [2.75, 3.05) is 6.61 Å². The second kappa shape index (κ2) is 6.38. The molecule has 1 heterocycles. The predicted octanol–water partition coefficient (Wildman–Crippen LogP) is 1.42. The zero-order valence-electron chi connectivity index (χ0n) is 11.5. The van der Waals surface area contributed by atoms with E-state index in [1.54, 1.807) is 0 Å². The third-order valence-electron chi connectivity index (χ3n) is 3.53. The molecule has 0 bridgehead atoms. The third kappa shape index (κ3) is 3.85. The molecule has 0 aromatic heterocycles. The van der Waals surface area contributed by atoms with Crippen molar-refractivity contribution in [3.05, 3.63) is 0 Å². The SMILES string of the molecule is CCCCC[C@H](O)[C@@H](O)[C@H]1NC(=O)OCC1(C)C. The Morgan fingerprint density at radius 2 is 2.11 bits per heavy atom. The average molecular weight is 259 g/mol. The molecule has 106 valence electrons. The zero-order chi connectivity index (χ0) is 13.8. The van der Waals surface area contributed by atoms with Crippen molar-refractivity contribution in [3.63, 3.8) is 0 Å². The van der Waals surface area contributed by atoms with Crippen LogP contribution in [0.25, 0.3) is 0 Å². The Labute approximate surface area is 109 Å². The van der Waals surface area contributed by atoms with E-state index in [9.17, 15) is 15.0 Å². The highest BCUT2D eigenvalue weighted by Gasteiger charge is 2.43. The minimum absolute atomic E-state index is 0.252. The highest BCUT2D eigenvalue weighted by Crippen LogP contribution is 2.28. The van der Waals surface area contributed by atoms with Crippen molar-refractivity contribution in [2.24, 2.45) is 5.41 Å². The van der Waals surface area contributed by atoms with Gasteiger partial charge >= 0.3 is 6.09 Å². The van der Waals surface area contributed by atoms with Crippen molar-refractivity contribution in [1.82, 2.24) is 5.32 Å². The molecule has 1 aliphatic heterocycles. The number of ether oxygens (including phenoxy) is 1. The van der Waals surface area contributed by atoms with Gasteiger partial charge in [0.15, 0.2) is 0 Å². The van der Waals surface area contributed by atoms with E-state index in [2.05, 4.69) is 12.2 Å². The summed E-state index contributed by atoms with van der Waals surface area (Å²) in [6, 6.07) is -0.477. The Bertz CT molecular complexity index is 280. The number of rotatable bonds is 6. The molecule has 0 aliphatic carbocycles. The topological polar surface area (TPSA) is 78.8 Å². The van der Waals surface area contributed by atoms with Crippen LogP contribution in [0, 0.1) is 5.41 Å². The first-order valence-electron chi connectivity index (χ1n) is 6.68. The fourth-order valence-electron chi connectivity index (χ4n) is 2.25. The summed E-state index contributed by atoms with van der Waals surface area (Å²) in [4.78, 5) is 11.2. The molecule has 1 saturated heterocycles. The number of carbonyl (C=O) groups is 1. The molecular weight excluding hydrogens is 234 g/mol. The van der Waals surface area contributed by atoms with Crippen molar-refractivity contribution >= 4 is 6.09 Å². The fourth-order valence-corrected chi connectivity index (χ4v) is 2.25. The van der Waals surface area contributed by atoms with Crippen LogP contribution < -0.4 is 5.32 Å². The number of hydrogen-bond donors (Lipinski definition) is 3. The van der Waals surface area contributed by atoms with E-state index in [-0.39, 0.29) is 12.0 Å². The molecule has 0 radical (unpaired) electrons. The van der Waals surface area contributed by atoms with Crippen LogP contribution in [-0.4, -0.2) is 41.2 Å². The lowest BCUT2D eigenvalue weighted by molar-refractivity contribution is -0.0639. The molecule has 3 atom stereocenters. The minimum atomic E-state index is -0.954. The molecule has 0 saturated carbocycles. The van der Waals surface area contributed by atoms with E-state index in [0.29, 0.717) is 6.42 Å². The van der Waals surface area contributed by atoms with Gasteiger partial charge in [0, 0.05) is 5.41 Å². The summed E-state index contributed by atoms with van der Waals surface area (Å²) in [5, 5.41) is 22.8. The quantitative estimate of drug-likeness (QED) is 0.630. The first-order valence-corrected chi connectivity index (χ1v) is 6.68. The first kappa shape index (κ1) is 15.2. The molecule has 1 rings (SSSR count). The lowest BCUT2D eigenvalue weighted by Crippen LogP contribution is -2.61. The maximum absolute atomic E-state index is 11.2. The number of aliphatic hydroxyl groups excluding tert-OH is 2. The first-order chi connectivity index (χ1) is 8.38. The summed E-state index contributed by atoms with van der Waals surface area (Å²) >= 11 is 0. The largest absolute Gasteiger partial charge is 0.449 e. The Kier molecular flexibility index (Phi) is 5.41. The molecule has 1 fully saturated rings. The van der Waals surface area contributed by atoms with Crippen molar-refractivity contribution in [2.45, 2.75) is 64.7 Å². The van der Waals surface area contributed by atoms with E-state index in [1.807, 2.05) is 13.8 Å². The van der Waals surface area contributed by atoms with E-state index >= 15 is 0 Å². The second-order valence-electron chi connectivity index (χ2n) is 5.74. The molecule has 5 heteroatoms. The molecular formula is C13H25NO4. The summed E-state index contributed by atoms with van der Waals surface area (Å²) in [6.07, 6.45) is 1.25. The third-order valence-corrected chi connectivity index (χ3v) is 3.53. The van der Waals surface area contributed by atoms with Crippen LogP contribution >= 0.6 is 0 Å². The molecule has 0 aromatic carbocycles. The predicted molar refractivity (Wildman–Crippen MR) is 68.2 cm³/mol. The van der Waals surface area contributed by atoms with Crippen LogP contribution in [-0.2, 0) is 4.74 Å². The number of carbonyl (C=O) groups excluding carboxylic acids is 1. The van der Waals surface area contributed by atoms with Crippen LogP contribution in [0.5, 0.6) is 0 Å². The Morgan fingerprint density at radius 1 is 1.44 bits per heavy atom. The van der Waals surface area contributed by atoms with Gasteiger partial charge < -0.3 is 20.3 Å². The molecule has 0 unspecified atom stereocenters. The van der Waals surface area contributed by atoms with E-state index in [4.69, 9.17) is 4.74 Å². The van der Waals surface area contributed by atoms with Crippen LogP contribution in [0.15, 0.2) is 0 Å². The number of cyclic esters (lactones) is 1. The maximum Gasteiger partial charge on any atom is 0.407 e. The van der Waals surface area contributed by atoms with Gasteiger partial charge in [-0.05, 0) is 6.42 Å². The average Bonchev–Trinajstić information content (AvgIpc) is 2.31. The number of aliphatic hydroxyl groups is 2. The summed E-state index contributed by atoms with van der Waals surface area (Å²) in [5.41, 5.74) is -0.390. The monoisotopic (exact) mass is 259 g/mol. The molecule has 1 amide bonds. The molecule has 1 aliphatic rings. The van der Waals surface area contributed by atoms with Crippen LogP contribution in [0.2, 0.25) is 0 Å². The van der Waals surface area contributed by atoms with E-state index in [0.717, 1.165) is 19.3 Å². The zero-order valence-corrected chi connectivity index (χ0v) is 11.5. The minimum Gasteiger partial charge on any atom is -0.449 e. The smallest absolute Gasteiger partial charge is 0.407 e. The number of alkyl carbamates (subject to hydrolysis) is 1. The second-order valence-corrected chi connectivity index (χ2v) is 5.74. The van der Waals surface area contributed by atoms with Crippen LogP contribution in [0.4, 0.5) is 4.79 Å². The summed E-state index contributed by atoms with van der Waals surface area (Å²) in [5.74, 6) is 0. The number of hydrogen-bond acceptors (Lipinski definition) is 4. The van der Waals surface area contributed by atoms with Crippen molar-refractivity contribution in [1.29, 1.82) is 0 Å². The number of unbranched alkanes of at least 4 members (excludes halogenated alkanes) is 2. The number of nitrogens with one attached hydrogen (secondary N) is 1. The molecule has 5 nitrogen and oxygen atoms in total. The summed E-state index contributed by atoms with van der Waals surface area (Å²) in [6.45, 7) is 6.14. The number of amides is 1. The molecule has 18 heavy (non-hydrogen) atoms. The van der Waals surface area contributed by atoms with Crippen LogP contribution in [0.1, 0.15) is 46.5 Å². The summed E-state index contributed by atoms with van der Waals surface area (Å²) in [7, 11) is 0. The van der Waals surface area contributed by atoms with Crippen molar-refractivity contribution in [3.8, 4) is 0 Å². The van der Waals surface area contributed by atoms with Gasteiger partial charge in [0.05, 0.1) is 12.1 Å². The fraction of sp³-hybridized carbons (Fsp3) is 0.923. The van der Waals surface area contributed by atoms with Gasteiger partial charge in [0.2, 0.25) is 0 Å². The van der Waals surface area contributed by atoms with Crippen LogP contribution in [0.3, 0.4) is 0 Å². The van der Waals surface area contributed by atoms with Gasteiger partial charge in [0.1, 0.15) is 12.7 Å². The van der Waals surface area contributed by atoms with Gasteiger partial charge in [-0.3, -0.25) is 0 Å². The molecule has 0 aromatic rings. The van der Waals surface area contributed by atoms with Gasteiger partial charge in [-0.15, -0.1) is 0 Å². The lowest BCUT2D eigenvalue weighted by Gasteiger charge is -2.42. The van der Waals surface area contributed by atoms with E-state index in [1.165, 1.54) is 0 Å². The van der Waals surface area contributed by atoms with Gasteiger partial charge in [-0.1, -0.05) is 40.0 Å². The highest BCUT2D eigenvalue weighted by molar-refractivity contribution is 5.68. The highest BCUT2D eigenvalue weighted by atomic mass is 16.6. The van der Waals surface area contributed by atoms with E-state index < -0.39 is 24.3 Å². The normalized spacial score (nSPS) is 26.1. The lowest BCUT2D eigenvalue weighted by atomic mass is 9.79. The standard InChI is InChI=1S/C13H25NO4/c1-4-5-6-7-9(15)10(16)11-13(2,3)8-18-12(17)14-11/h9-11,15-16H,4-8H2,1-3H3,(H,14,17)/t9-,10+,11+/m0/s1. The Balaban J connectivity index is 2.56. The summed E-state index contributed by atoms with van der Waals surface area (Å²) < 4.78 is 4.91. The van der Waals surface area contributed by atoms with Gasteiger partial charge in [0.25, 0.3) is 0 Å².